The molecule has 0 amide bonds. The Morgan fingerprint density at radius 1 is 0.191 bits per heavy atom. The molecule has 13 nitrogen and oxygen atoms in total. The zero-order valence-electron chi connectivity index (χ0n) is 61.6. The van der Waals surface area contributed by atoms with Crippen molar-refractivity contribution in [3.8, 4) is 61.8 Å². The van der Waals surface area contributed by atoms with Crippen molar-refractivity contribution in [1.82, 2.24) is 54.1 Å². The Morgan fingerprint density at radius 3 is 1.27 bits per heavy atom. The number of fused-ring (bicyclic) bond motifs is 20. The topological polar surface area (TPSA) is 128 Å². The molecule has 0 aliphatic carbocycles. The summed E-state index contributed by atoms with van der Waals surface area (Å²) in [6, 6.07) is 133. The van der Waals surface area contributed by atoms with Gasteiger partial charge in [-0.05, 0) is 224 Å². The van der Waals surface area contributed by atoms with E-state index in [1.807, 2.05) is 121 Å². The van der Waals surface area contributed by atoms with Gasteiger partial charge in [0.05, 0.1) is 39.1 Å². The molecular weight excluding hydrogens is 1410 g/mol. The molecule has 0 saturated carbocycles. The van der Waals surface area contributed by atoms with Gasteiger partial charge in [-0.15, -0.1) is 30.6 Å². The smallest absolute Gasteiger partial charge is 0.136 e. The number of benzene rings is 18. The van der Waals surface area contributed by atoms with E-state index in [4.69, 9.17) is 29.2 Å². The van der Waals surface area contributed by atoms with E-state index in [0.717, 1.165) is 144 Å². The minimum absolute atomic E-state index is 0.838. The van der Waals surface area contributed by atoms with Crippen molar-refractivity contribution >= 4 is 153 Å². The lowest BCUT2D eigenvalue weighted by molar-refractivity contribution is 0.669. The fourth-order valence-corrected chi connectivity index (χ4v) is 16.9. The fraction of sp³-hybridized carbons (Fsp3) is 0. The van der Waals surface area contributed by atoms with E-state index in [1.165, 1.54) is 70.5 Å². The van der Waals surface area contributed by atoms with Crippen molar-refractivity contribution in [2.45, 2.75) is 0 Å². The van der Waals surface area contributed by atoms with Crippen LogP contribution in [0.2, 0.25) is 0 Å². The summed E-state index contributed by atoms with van der Waals surface area (Å²) in [6.07, 6.45) is 0. The monoisotopic (exact) mass is 1470 g/mol. The molecule has 7 heterocycles. The van der Waals surface area contributed by atoms with Gasteiger partial charge in [0.25, 0.3) is 0 Å². The molecule has 0 aliphatic rings. The third kappa shape index (κ3) is 11.1. The average Bonchev–Trinajstić information content (AvgIpc) is 1.55. The number of aromatic nitrogens is 11. The van der Waals surface area contributed by atoms with Crippen molar-refractivity contribution in [3.63, 3.8) is 0 Å². The van der Waals surface area contributed by atoms with Crippen molar-refractivity contribution in [2.75, 3.05) is 0 Å². The minimum Gasteiger partial charge on any atom is -0.456 e. The lowest BCUT2D eigenvalue weighted by Crippen LogP contribution is -1.97. The van der Waals surface area contributed by atoms with Gasteiger partial charge in [-0.2, -0.15) is 14.4 Å². The van der Waals surface area contributed by atoms with Gasteiger partial charge in [0.1, 0.15) is 55.4 Å². The summed E-state index contributed by atoms with van der Waals surface area (Å²) in [6.45, 7) is 0. The molecule has 0 unspecified atom stereocenters. The molecule has 0 spiro atoms. The van der Waals surface area contributed by atoms with E-state index < -0.39 is 0 Å². The number of rotatable bonds is 8. The van der Waals surface area contributed by atoms with E-state index in [-0.39, 0.29) is 0 Å². The molecule has 25 rings (SSSR count). The lowest BCUT2D eigenvalue weighted by atomic mass is 9.95. The van der Waals surface area contributed by atoms with Crippen molar-refractivity contribution in [3.05, 3.63) is 382 Å². The number of para-hydroxylation sites is 7. The summed E-state index contributed by atoms with van der Waals surface area (Å²) < 4.78 is 16.9. The standard InChI is InChI=1S/C42H26N4O.C32H20N4.C28H17N3O/c1-3-11-30(12-4-1)45-38-17-9-7-15-32(38)35-24-28(19-21-39(35)45)34-25-29(26-37-42(34)44-46(43-37)31-13-5-2-6-14-31)27-20-22-41-36(23-27)33-16-8-10-18-40(33)47-41;1-2-10-23(11-3-1)36-33-27-17-16-24(20-28(27)34-36)35-29-18-14-21-8-4-6-12-25(21)31(29)32-26-13-7-5-9-22(26)15-19-30(32)35;1-2-6-22(7-3-1)31-29-25-13-12-20(16-26(25)30-31)18-10-11-19-15-24-23-8-4-5-9-27(23)32-28(24)17-21(19)14-18/h1-26H;1-20H;1-17H. The highest BCUT2D eigenvalue weighted by Crippen LogP contribution is 2.44. The predicted molar refractivity (Wildman–Crippen MR) is 469 cm³/mol. The summed E-state index contributed by atoms with van der Waals surface area (Å²) >= 11 is 0. The van der Waals surface area contributed by atoms with Crippen LogP contribution in [0.15, 0.2) is 391 Å². The van der Waals surface area contributed by atoms with E-state index in [2.05, 4.69) is 280 Å². The van der Waals surface area contributed by atoms with Gasteiger partial charge in [0.2, 0.25) is 0 Å². The van der Waals surface area contributed by atoms with Gasteiger partial charge >= 0.3 is 0 Å². The number of hydrogen-bond donors (Lipinski definition) is 0. The normalized spacial score (nSPS) is 11.8. The summed E-state index contributed by atoms with van der Waals surface area (Å²) in [5.41, 5.74) is 25.1. The molecule has 25 aromatic rings. The maximum Gasteiger partial charge on any atom is 0.136 e. The van der Waals surface area contributed by atoms with E-state index in [0.29, 0.717) is 0 Å². The van der Waals surface area contributed by atoms with Crippen LogP contribution in [0.3, 0.4) is 0 Å². The Hall–Kier alpha value is -15.9. The Labute approximate surface area is 655 Å². The zero-order valence-corrected chi connectivity index (χ0v) is 61.6. The van der Waals surface area contributed by atoms with Gasteiger partial charge in [-0.25, -0.2) is 0 Å². The van der Waals surface area contributed by atoms with Crippen LogP contribution in [0, 0.1) is 0 Å². The summed E-state index contributed by atoms with van der Waals surface area (Å²) in [5.74, 6) is 0. The highest BCUT2D eigenvalue weighted by molar-refractivity contribution is 6.28. The predicted octanol–water partition coefficient (Wildman–Crippen LogP) is 25.7. The van der Waals surface area contributed by atoms with Crippen LogP contribution in [0.5, 0.6) is 0 Å². The van der Waals surface area contributed by atoms with Crippen LogP contribution in [0.25, 0.3) is 215 Å². The van der Waals surface area contributed by atoms with E-state index in [1.54, 1.807) is 14.4 Å². The second-order valence-corrected chi connectivity index (χ2v) is 29.2. The largest absolute Gasteiger partial charge is 0.456 e. The van der Waals surface area contributed by atoms with Crippen molar-refractivity contribution in [2.24, 2.45) is 0 Å². The fourth-order valence-electron chi connectivity index (χ4n) is 16.9. The molecule has 0 bridgehead atoms. The van der Waals surface area contributed by atoms with Crippen LogP contribution >= 0.6 is 0 Å². The highest BCUT2D eigenvalue weighted by atomic mass is 16.3. The lowest BCUT2D eigenvalue weighted by Gasteiger charge is -2.10. The molecule has 7 aromatic heterocycles. The van der Waals surface area contributed by atoms with Gasteiger partial charge in [-0.1, -0.05) is 218 Å². The molecule has 0 saturated heterocycles. The van der Waals surface area contributed by atoms with Crippen LogP contribution in [0.1, 0.15) is 0 Å². The molecule has 538 valence electrons. The molecule has 13 heteroatoms. The zero-order chi connectivity index (χ0) is 75.6. The Bertz CT molecular complexity index is 8080. The minimum atomic E-state index is 0.838. The molecule has 0 fully saturated rings. The Morgan fingerprint density at radius 2 is 0.617 bits per heavy atom. The highest BCUT2D eigenvalue weighted by Gasteiger charge is 2.22. The Balaban J connectivity index is 0.000000104. The molecule has 0 N–H and O–H groups in total. The maximum atomic E-state index is 6.14. The first-order chi connectivity index (χ1) is 56.9. The third-order valence-corrected chi connectivity index (χ3v) is 22.4. The quantitative estimate of drug-likeness (QED) is 0.147. The van der Waals surface area contributed by atoms with Crippen LogP contribution < -0.4 is 0 Å². The van der Waals surface area contributed by atoms with Crippen molar-refractivity contribution < 1.29 is 8.83 Å². The molecule has 115 heavy (non-hydrogen) atoms. The molecule has 0 radical (unpaired) electrons. The Kier molecular flexibility index (Phi) is 15.0. The third-order valence-electron chi connectivity index (χ3n) is 22.4. The maximum absolute atomic E-state index is 6.14. The molecular formula is C102H63N11O2. The second-order valence-electron chi connectivity index (χ2n) is 29.2. The molecule has 18 aromatic carbocycles. The van der Waals surface area contributed by atoms with Crippen LogP contribution in [-0.2, 0) is 0 Å². The molecule has 0 atom stereocenters. The molecule has 0 aliphatic heterocycles. The van der Waals surface area contributed by atoms with Gasteiger partial charge < -0.3 is 18.0 Å². The van der Waals surface area contributed by atoms with Crippen LogP contribution in [-0.4, -0.2) is 54.1 Å². The first-order valence-electron chi connectivity index (χ1n) is 38.5. The van der Waals surface area contributed by atoms with Crippen molar-refractivity contribution in [1.29, 1.82) is 0 Å². The van der Waals surface area contributed by atoms with E-state index >= 15 is 0 Å². The van der Waals surface area contributed by atoms with Gasteiger partial charge in [0.15, 0.2) is 0 Å². The summed E-state index contributed by atoms with van der Waals surface area (Å²) in [5, 5.41) is 45.8. The SMILES string of the molecule is c1ccc(-n2nc3cc(-c4ccc5oc6ccccc6c5c4)cc(-c4ccc5c(c4)c4ccccc4n5-c4ccccc4)c3n2)cc1.c1ccc(-n2nc3ccc(-c4ccc5cc6c(cc5c4)oc4ccccc46)cc3n2)cc1.c1ccc(-n2nc3ccc(-n4c5ccc6ccccc6c5c5c6ccccc6ccc54)cc3n2)cc1. The second kappa shape index (κ2) is 26.4. The first kappa shape index (κ1) is 65.1. The summed E-state index contributed by atoms with van der Waals surface area (Å²) in [4.78, 5) is 5.14. The van der Waals surface area contributed by atoms with Gasteiger partial charge in [-0.3, -0.25) is 0 Å². The number of nitrogens with zero attached hydrogens (tertiary/aromatic N) is 11. The van der Waals surface area contributed by atoms with Gasteiger partial charge in [0, 0.05) is 60.0 Å². The number of hydrogen-bond acceptors (Lipinski definition) is 8. The number of furan rings is 2. The first-order valence-corrected chi connectivity index (χ1v) is 38.5. The average molecular weight is 1470 g/mol. The summed E-state index contributed by atoms with van der Waals surface area (Å²) in [7, 11) is 0. The van der Waals surface area contributed by atoms with Crippen LogP contribution in [0.4, 0.5) is 0 Å². The van der Waals surface area contributed by atoms with E-state index in [9.17, 15) is 0 Å².